The molecule has 0 radical (unpaired) electrons. The average molecular weight is 773 g/mol. The molecular weight excluding hydrogens is 737 g/mol. The van der Waals surface area contributed by atoms with Crippen molar-refractivity contribution >= 4 is 65.9 Å². The molecule has 2 heteroatoms. The molecule has 2 aliphatic carbocycles. The van der Waals surface area contributed by atoms with Crippen LogP contribution in [0.4, 0.5) is 17.1 Å². The highest BCUT2D eigenvalue weighted by Gasteiger charge is 2.51. The van der Waals surface area contributed by atoms with Gasteiger partial charge in [0.2, 0.25) is 0 Å². The SMILES string of the molecule is c1ccc(-c2ccc(N(c3ccc4c(c3)C3(c5ccccc5-c5ccccc53)c3ccccc3-4)c3ccc4c5c3cccc5c3cccc5c6ccccc6n4c35)cc2)cc1. The van der Waals surface area contributed by atoms with Crippen LogP contribution in [0.2, 0.25) is 0 Å². The van der Waals surface area contributed by atoms with Gasteiger partial charge < -0.3 is 9.30 Å². The number of benzene rings is 10. The van der Waals surface area contributed by atoms with Crippen LogP contribution in [0, 0.1) is 0 Å². The first-order valence-corrected chi connectivity index (χ1v) is 21.3. The summed E-state index contributed by atoms with van der Waals surface area (Å²) in [4.78, 5) is 2.51. The molecule has 282 valence electrons. The van der Waals surface area contributed by atoms with E-state index in [-0.39, 0.29) is 0 Å². The van der Waals surface area contributed by atoms with Crippen LogP contribution >= 0.6 is 0 Å². The fourth-order valence-electron chi connectivity index (χ4n) is 11.5. The normalized spacial score (nSPS) is 13.4. The van der Waals surface area contributed by atoms with Crippen molar-refractivity contribution < 1.29 is 0 Å². The van der Waals surface area contributed by atoms with Crippen LogP contribution in [0.25, 0.3) is 82.2 Å². The number of anilines is 3. The summed E-state index contributed by atoms with van der Waals surface area (Å²) in [7, 11) is 0. The van der Waals surface area contributed by atoms with Gasteiger partial charge in [0.1, 0.15) is 0 Å². The molecule has 0 bridgehead atoms. The monoisotopic (exact) mass is 772 g/mol. The second-order valence-corrected chi connectivity index (χ2v) is 16.8. The van der Waals surface area contributed by atoms with Crippen molar-refractivity contribution in [2.45, 2.75) is 5.41 Å². The second-order valence-electron chi connectivity index (χ2n) is 16.8. The number of rotatable bonds is 4. The van der Waals surface area contributed by atoms with Crippen molar-refractivity contribution in [3.05, 3.63) is 241 Å². The van der Waals surface area contributed by atoms with Crippen LogP contribution in [0.15, 0.2) is 218 Å². The molecule has 0 amide bonds. The van der Waals surface area contributed by atoms with Gasteiger partial charge in [-0.3, -0.25) is 0 Å². The second kappa shape index (κ2) is 12.1. The minimum absolute atomic E-state index is 0.442. The van der Waals surface area contributed by atoms with Gasteiger partial charge in [0, 0.05) is 38.3 Å². The highest BCUT2D eigenvalue weighted by Crippen LogP contribution is 2.63. The zero-order valence-corrected chi connectivity index (χ0v) is 33.2. The number of nitrogens with zero attached hydrogens (tertiary/aromatic N) is 2. The zero-order chi connectivity index (χ0) is 39.8. The molecule has 0 fully saturated rings. The van der Waals surface area contributed by atoms with Crippen LogP contribution < -0.4 is 4.90 Å². The molecule has 2 heterocycles. The number of hydrogen-bond donors (Lipinski definition) is 0. The van der Waals surface area contributed by atoms with Crippen LogP contribution in [0.1, 0.15) is 22.3 Å². The van der Waals surface area contributed by atoms with E-state index in [9.17, 15) is 0 Å². The van der Waals surface area contributed by atoms with Crippen molar-refractivity contribution in [1.29, 1.82) is 0 Å². The van der Waals surface area contributed by atoms with Gasteiger partial charge in [-0.05, 0) is 103 Å². The van der Waals surface area contributed by atoms with Gasteiger partial charge in [-0.2, -0.15) is 0 Å². The van der Waals surface area contributed by atoms with E-state index >= 15 is 0 Å². The maximum atomic E-state index is 2.51. The number of aromatic nitrogens is 1. The molecule has 1 spiro atoms. The lowest BCUT2D eigenvalue weighted by Gasteiger charge is -2.32. The number of hydrogen-bond acceptors (Lipinski definition) is 1. The Morgan fingerprint density at radius 2 is 0.852 bits per heavy atom. The van der Waals surface area contributed by atoms with E-state index in [1.807, 2.05) is 0 Å². The summed E-state index contributed by atoms with van der Waals surface area (Å²) in [6.45, 7) is 0. The lowest BCUT2D eigenvalue weighted by atomic mass is 9.70. The number of para-hydroxylation sites is 2. The Morgan fingerprint density at radius 3 is 1.56 bits per heavy atom. The summed E-state index contributed by atoms with van der Waals surface area (Å²) >= 11 is 0. The maximum absolute atomic E-state index is 2.51. The molecule has 0 saturated heterocycles. The van der Waals surface area contributed by atoms with E-state index in [0.29, 0.717) is 0 Å². The zero-order valence-electron chi connectivity index (χ0n) is 33.2. The molecule has 2 aromatic heterocycles. The van der Waals surface area contributed by atoms with Crippen molar-refractivity contribution in [3.8, 4) is 33.4 Å². The van der Waals surface area contributed by atoms with Crippen LogP contribution in [0.5, 0.6) is 0 Å². The molecule has 61 heavy (non-hydrogen) atoms. The molecule has 0 aliphatic heterocycles. The van der Waals surface area contributed by atoms with Crippen molar-refractivity contribution in [2.75, 3.05) is 4.90 Å². The van der Waals surface area contributed by atoms with Crippen molar-refractivity contribution in [1.82, 2.24) is 4.40 Å². The van der Waals surface area contributed by atoms with Crippen molar-refractivity contribution in [3.63, 3.8) is 0 Å². The summed E-state index contributed by atoms with van der Waals surface area (Å²) in [5.41, 5.74) is 19.7. The van der Waals surface area contributed by atoms with Gasteiger partial charge in [-0.1, -0.05) is 176 Å². The third-order valence-electron chi connectivity index (χ3n) is 13.9. The van der Waals surface area contributed by atoms with E-state index in [1.54, 1.807) is 0 Å². The first-order valence-electron chi connectivity index (χ1n) is 21.3. The van der Waals surface area contributed by atoms with Crippen molar-refractivity contribution in [2.24, 2.45) is 0 Å². The lowest BCUT2D eigenvalue weighted by molar-refractivity contribution is 0.793. The maximum Gasteiger partial charge on any atom is 0.0726 e. The van der Waals surface area contributed by atoms with Gasteiger partial charge in [-0.15, -0.1) is 0 Å². The quantitative estimate of drug-likeness (QED) is 0.128. The average Bonchev–Trinajstić information content (AvgIpc) is 3.94. The Balaban J connectivity index is 1.07. The summed E-state index contributed by atoms with van der Waals surface area (Å²) in [6, 6.07) is 81.6. The summed E-state index contributed by atoms with van der Waals surface area (Å²) in [5.74, 6) is 0. The summed E-state index contributed by atoms with van der Waals surface area (Å²) in [5, 5.41) is 7.62. The van der Waals surface area contributed by atoms with Crippen LogP contribution in [0.3, 0.4) is 0 Å². The fraction of sp³-hybridized carbons (Fsp3) is 0.0169. The highest BCUT2D eigenvalue weighted by atomic mass is 15.1. The Bertz CT molecular complexity index is 3700. The standard InChI is InChI=1S/C59H36N2/c1-2-14-37(15-3-1)38-28-30-39(31-29-38)60(55-34-35-56-57-46(20-12-23-49(55)57)48-22-13-21-47-45-19-7-11-27-54(45)61(56)58(47)48)40-32-33-44-43-18-6-10-26-52(43)59(53(44)36-40)50-24-8-4-16-41(50)42-17-5-9-25-51(42)59/h1-36H. The molecule has 2 nitrogen and oxygen atoms in total. The molecule has 0 N–H and O–H groups in total. The van der Waals surface area contributed by atoms with Gasteiger partial charge >= 0.3 is 0 Å². The molecule has 2 aliphatic rings. The van der Waals surface area contributed by atoms with Gasteiger partial charge in [0.05, 0.1) is 27.7 Å². The van der Waals surface area contributed by atoms with Gasteiger partial charge in [0.25, 0.3) is 0 Å². The Kier molecular flexibility index (Phi) is 6.52. The molecule has 0 atom stereocenters. The summed E-state index contributed by atoms with van der Waals surface area (Å²) in [6.07, 6.45) is 0. The third kappa shape index (κ3) is 4.21. The number of pyridine rings is 1. The molecule has 12 aromatic rings. The summed E-state index contributed by atoms with van der Waals surface area (Å²) < 4.78 is 2.50. The predicted octanol–water partition coefficient (Wildman–Crippen LogP) is 15.5. The van der Waals surface area contributed by atoms with Crippen LogP contribution in [-0.4, -0.2) is 4.40 Å². The molecular formula is C59H36N2. The Morgan fingerprint density at radius 1 is 0.328 bits per heavy atom. The minimum atomic E-state index is -0.442. The minimum Gasteiger partial charge on any atom is -0.310 e. The molecule has 0 unspecified atom stereocenters. The fourth-order valence-corrected chi connectivity index (χ4v) is 11.5. The first-order chi connectivity index (χ1) is 30.3. The van der Waals surface area contributed by atoms with E-state index in [2.05, 4.69) is 228 Å². The predicted molar refractivity (Wildman–Crippen MR) is 255 cm³/mol. The van der Waals surface area contributed by atoms with E-state index < -0.39 is 5.41 Å². The Labute approximate surface area is 353 Å². The topological polar surface area (TPSA) is 7.65 Å². The number of fused-ring (bicyclic) bond motifs is 15. The van der Waals surface area contributed by atoms with E-state index in [4.69, 9.17) is 0 Å². The smallest absolute Gasteiger partial charge is 0.0726 e. The van der Waals surface area contributed by atoms with Gasteiger partial charge in [-0.25, -0.2) is 0 Å². The molecule has 10 aromatic carbocycles. The third-order valence-corrected chi connectivity index (χ3v) is 13.9. The van der Waals surface area contributed by atoms with Crippen LogP contribution in [-0.2, 0) is 5.41 Å². The first kappa shape index (κ1) is 33.0. The largest absolute Gasteiger partial charge is 0.310 e. The van der Waals surface area contributed by atoms with Gasteiger partial charge in [0.15, 0.2) is 0 Å². The van der Waals surface area contributed by atoms with E-state index in [0.717, 1.165) is 17.1 Å². The molecule has 14 rings (SSSR count). The molecule has 0 saturated carbocycles. The lowest BCUT2D eigenvalue weighted by Crippen LogP contribution is -2.26. The Hall–Kier alpha value is -7.94. The highest BCUT2D eigenvalue weighted by molar-refractivity contribution is 6.28. The van der Waals surface area contributed by atoms with E-state index in [1.165, 1.54) is 105 Å².